The van der Waals surface area contributed by atoms with Crippen molar-refractivity contribution in [2.24, 2.45) is 11.8 Å². The van der Waals surface area contributed by atoms with E-state index in [-0.39, 0.29) is 56.1 Å². The minimum atomic E-state index is -1.13. The van der Waals surface area contributed by atoms with Gasteiger partial charge in [-0.05, 0) is 24.7 Å². The summed E-state index contributed by atoms with van der Waals surface area (Å²) >= 11 is 14.6. The molecule has 0 radical (unpaired) electrons. The molecule has 0 N–H and O–H groups in total. The molecule has 0 heterocycles. The van der Waals surface area contributed by atoms with Gasteiger partial charge in [-0.3, -0.25) is 9.59 Å². The summed E-state index contributed by atoms with van der Waals surface area (Å²) in [5.74, 6) is -1.15. The molecule has 0 fully saturated rings. The van der Waals surface area contributed by atoms with E-state index >= 15 is 0 Å². The molecule has 0 aliphatic rings. The number of thiol groups is 4. The maximum atomic E-state index is 10.7. The quantitative estimate of drug-likeness (QED) is 0.0820. The van der Waals surface area contributed by atoms with E-state index < -0.39 is 11.9 Å². The number of esters is 2. The van der Waals surface area contributed by atoms with Crippen LogP contribution in [0.3, 0.4) is 0 Å². The molecule has 0 spiro atoms. The van der Waals surface area contributed by atoms with Gasteiger partial charge in [0.15, 0.2) is 0 Å². The molecule has 39 heavy (non-hydrogen) atoms. The van der Waals surface area contributed by atoms with E-state index in [4.69, 9.17) is 9.47 Å². The maximum absolute atomic E-state index is 10.7. The van der Waals surface area contributed by atoms with Gasteiger partial charge in [-0.2, -0.15) is 50.5 Å². The van der Waals surface area contributed by atoms with Gasteiger partial charge in [0.05, 0.1) is 36.7 Å². The Hall–Kier alpha value is 0.0787. The van der Waals surface area contributed by atoms with E-state index in [2.05, 4.69) is 88.1 Å². The molecule has 0 unspecified atom stereocenters. The van der Waals surface area contributed by atoms with Crippen LogP contribution in [-0.4, -0.2) is 81.2 Å². The Balaban J connectivity index is -0.000000138. The Morgan fingerprint density at radius 1 is 0.590 bits per heavy atom. The molecular formula is C26H52O8S4Sn. The van der Waals surface area contributed by atoms with Crippen LogP contribution in [0, 0.1) is 11.8 Å². The fourth-order valence-electron chi connectivity index (χ4n) is 2.13. The molecule has 0 aromatic carbocycles. The van der Waals surface area contributed by atoms with Crippen LogP contribution in [0.1, 0.15) is 79.1 Å². The van der Waals surface area contributed by atoms with Crippen molar-refractivity contribution in [1.82, 2.24) is 0 Å². The number of carboxylic acid groups (broad SMARTS) is 2. The molecular weight excluding hydrogens is 687 g/mol. The van der Waals surface area contributed by atoms with Crippen molar-refractivity contribution < 1.29 is 38.9 Å². The van der Waals surface area contributed by atoms with E-state index in [9.17, 15) is 29.4 Å². The fourth-order valence-corrected chi connectivity index (χ4v) is 2.31. The number of carbonyl (C=O) groups is 4. The average molecular weight is 740 g/mol. The van der Waals surface area contributed by atoms with Gasteiger partial charge in [-0.15, -0.1) is 0 Å². The third kappa shape index (κ3) is 72.9. The van der Waals surface area contributed by atoms with Gasteiger partial charge in [-0.1, -0.05) is 66.2 Å². The normalized spacial score (nSPS) is 9.13. The molecule has 13 heteroatoms. The number of ether oxygens (including phenoxy) is 2. The van der Waals surface area contributed by atoms with Gasteiger partial charge >= 0.3 is 43.0 Å². The van der Waals surface area contributed by atoms with E-state index in [1.165, 1.54) is 25.7 Å². The van der Waals surface area contributed by atoms with Crippen molar-refractivity contribution >= 4 is 95.5 Å². The fraction of sp³-hybridized carbons (Fsp3) is 0.846. The molecule has 8 nitrogen and oxygen atoms in total. The average Bonchev–Trinajstić information content (AvgIpc) is 2.88. The van der Waals surface area contributed by atoms with E-state index in [1.54, 1.807) is 0 Å². The summed E-state index contributed by atoms with van der Waals surface area (Å²) in [6.07, 6.45) is 9.25. The summed E-state index contributed by atoms with van der Waals surface area (Å²) in [6.45, 7) is 10.00. The number of carboxylic acids is 2. The van der Waals surface area contributed by atoms with Crippen LogP contribution < -0.4 is 10.2 Å². The Labute approximate surface area is 269 Å². The molecule has 0 rings (SSSR count). The van der Waals surface area contributed by atoms with Crippen LogP contribution in [0.15, 0.2) is 0 Å². The summed E-state index contributed by atoms with van der Waals surface area (Å²) < 4.78 is 9.77. The zero-order valence-corrected chi connectivity index (χ0v) is 31.0. The molecule has 0 aromatic heterocycles. The number of aliphatic carboxylic acids is 2. The van der Waals surface area contributed by atoms with Gasteiger partial charge in [0.25, 0.3) is 0 Å². The zero-order valence-electron chi connectivity index (χ0n) is 24.6. The van der Waals surface area contributed by atoms with Crippen molar-refractivity contribution in [3.05, 3.63) is 0 Å². The Kier molecular flexibility index (Phi) is 53.2. The SMILES string of the molecule is CC(C)CCCCCOC(=O)CS.CC(C)CCCCCOC(=O)CS.O=C([O-])CS.O=C([O-])CS.[CH3][Sn+2][CH3]. The van der Waals surface area contributed by atoms with Gasteiger partial charge in [0.2, 0.25) is 0 Å². The predicted molar refractivity (Wildman–Crippen MR) is 171 cm³/mol. The van der Waals surface area contributed by atoms with Crippen LogP contribution in [0.4, 0.5) is 0 Å². The standard InChI is InChI=1S/2C10H20O2S.2C2H4O2S.2CH3.Sn/c2*1-9(2)6-4-3-5-7-12-10(11)8-13;2*3-2(4)1-5;;;/h2*9,13H,3-8H2,1-2H3;2*5H,1H2,(H,3,4);2*1H3;/q;;;;;;+2/p-2. The van der Waals surface area contributed by atoms with Crippen molar-refractivity contribution in [3.63, 3.8) is 0 Å². The first kappa shape index (κ1) is 48.8. The Morgan fingerprint density at radius 3 is 1.03 bits per heavy atom. The topological polar surface area (TPSA) is 133 Å². The summed E-state index contributed by atoms with van der Waals surface area (Å²) in [5.41, 5.74) is 0. The van der Waals surface area contributed by atoms with Crippen molar-refractivity contribution in [1.29, 1.82) is 0 Å². The molecule has 0 atom stereocenters. The third-order valence-electron chi connectivity index (χ3n) is 3.89. The van der Waals surface area contributed by atoms with Gasteiger partial charge in [0.1, 0.15) is 0 Å². The van der Waals surface area contributed by atoms with Crippen molar-refractivity contribution in [3.8, 4) is 0 Å². The van der Waals surface area contributed by atoms with Gasteiger partial charge in [-0.25, -0.2) is 0 Å². The van der Waals surface area contributed by atoms with Crippen LogP contribution in [-0.2, 0) is 28.7 Å². The number of unbranched alkanes of at least 4 members (excludes halogenated alkanes) is 4. The first-order valence-corrected chi connectivity index (χ1v) is 21.3. The van der Waals surface area contributed by atoms with E-state index in [0.717, 1.165) is 37.5 Å². The van der Waals surface area contributed by atoms with Crippen LogP contribution in [0.25, 0.3) is 0 Å². The van der Waals surface area contributed by atoms with Crippen molar-refractivity contribution in [2.45, 2.75) is 88.9 Å². The third-order valence-corrected chi connectivity index (χ3v) is 4.93. The van der Waals surface area contributed by atoms with Gasteiger partial charge in [0, 0.05) is 11.5 Å². The number of carbonyl (C=O) groups excluding carboxylic acids is 4. The second-order valence-electron chi connectivity index (χ2n) is 8.80. The second kappa shape index (κ2) is 42.5. The first-order chi connectivity index (χ1) is 18.3. The molecule has 0 aliphatic heterocycles. The summed E-state index contributed by atoms with van der Waals surface area (Å²) in [4.78, 5) is 44.3. The first-order valence-electron chi connectivity index (χ1n) is 13.0. The second-order valence-corrected chi connectivity index (χ2v) is 12.9. The van der Waals surface area contributed by atoms with Crippen molar-refractivity contribution in [2.75, 3.05) is 36.2 Å². The number of hydrogen-bond donors (Lipinski definition) is 4. The summed E-state index contributed by atoms with van der Waals surface area (Å²) in [7, 11) is 0. The zero-order chi connectivity index (χ0) is 31.5. The van der Waals surface area contributed by atoms with Crippen LogP contribution >= 0.6 is 50.5 Å². The molecule has 232 valence electrons. The molecule has 0 amide bonds. The Bertz CT molecular complexity index is 508. The Morgan fingerprint density at radius 2 is 0.846 bits per heavy atom. The molecule has 0 aliphatic carbocycles. The number of hydrogen-bond acceptors (Lipinski definition) is 12. The molecule has 0 saturated heterocycles. The molecule has 0 saturated carbocycles. The van der Waals surface area contributed by atoms with Gasteiger partial charge < -0.3 is 29.3 Å². The van der Waals surface area contributed by atoms with Crippen LogP contribution in [0.5, 0.6) is 0 Å². The summed E-state index contributed by atoms with van der Waals surface area (Å²) in [5, 5.41) is 18.4. The molecule has 0 aromatic rings. The predicted octanol–water partition coefficient (Wildman–Crippen LogP) is 3.47. The van der Waals surface area contributed by atoms with E-state index in [0.29, 0.717) is 13.2 Å². The molecule has 0 bridgehead atoms. The van der Waals surface area contributed by atoms with E-state index in [1.807, 2.05) is 0 Å². The monoisotopic (exact) mass is 740 g/mol. The summed E-state index contributed by atoms with van der Waals surface area (Å²) in [6, 6.07) is 0. The minimum absolute atomic E-state index is 0.187. The number of rotatable bonds is 16. The van der Waals surface area contributed by atoms with Crippen LogP contribution in [0.2, 0.25) is 9.88 Å².